The van der Waals surface area contributed by atoms with Crippen molar-refractivity contribution in [2.75, 3.05) is 40.3 Å². The molecule has 1 saturated heterocycles. The summed E-state index contributed by atoms with van der Waals surface area (Å²) in [7, 11) is -0.208. The number of piperidine rings is 1. The third-order valence-electron chi connectivity index (χ3n) is 3.95. The fourth-order valence-corrected chi connectivity index (χ4v) is 3.67. The lowest BCUT2D eigenvalue weighted by Gasteiger charge is -2.28. The lowest BCUT2D eigenvalue weighted by molar-refractivity contribution is 0.218. The van der Waals surface area contributed by atoms with E-state index < -0.39 is 10.0 Å². The quantitative estimate of drug-likeness (QED) is 0.804. The van der Waals surface area contributed by atoms with Crippen molar-refractivity contribution in [1.82, 2.24) is 9.21 Å². The molecule has 1 aliphatic heterocycles. The molecule has 6 heteroatoms. The molecule has 2 rings (SSSR count). The average molecular weight is 312 g/mol. The van der Waals surface area contributed by atoms with E-state index in [4.69, 9.17) is 4.74 Å². The van der Waals surface area contributed by atoms with Gasteiger partial charge in [-0.15, -0.1) is 0 Å². The summed E-state index contributed by atoms with van der Waals surface area (Å²) in [5, 5.41) is 0. The molecule has 0 bridgehead atoms. The van der Waals surface area contributed by atoms with Crippen LogP contribution in [0.2, 0.25) is 0 Å². The number of sulfonamides is 1. The molecule has 0 radical (unpaired) electrons. The molecule has 0 spiro atoms. The van der Waals surface area contributed by atoms with E-state index in [-0.39, 0.29) is 0 Å². The van der Waals surface area contributed by atoms with Crippen LogP contribution in [-0.4, -0.2) is 58.0 Å². The SMILES string of the molecule is COc1ccc(S(=O)(=O)N(C)CCN2CCCCC2)cc1. The smallest absolute Gasteiger partial charge is 0.242 e. The lowest BCUT2D eigenvalue weighted by Crippen LogP contribution is -2.38. The highest BCUT2D eigenvalue weighted by atomic mass is 32.2. The van der Waals surface area contributed by atoms with E-state index in [1.54, 1.807) is 38.4 Å². The second-order valence-corrected chi connectivity index (χ2v) is 7.45. The summed E-state index contributed by atoms with van der Waals surface area (Å²) in [5.41, 5.74) is 0. The first-order valence-corrected chi connectivity index (χ1v) is 8.81. The Labute approximate surface area is 127 Å². The minimum atomic E-state index is -3.41. The van der Waals surface area contributed by atoms with Gasteiger partial charge in [-0.25, -0.2) is 8.42 Å². The van der Waals surface area contributed by atoms with Gasteiger partial charge in [0.05, 0.1) is 12.0 Å². The van der Waals surface area contributed by atoms with Gasteiger partial charge >= 0.3 is 0 Å². The van der Waals surface area contributed by atoms with Crippen LogP contribution in [0.15, 0.2) is 29.2 Å². The first-order chi connectivity index (χ1) is 10.0. The minimum absolute atomic E-state index is 0.310. The van der Waals surface area contributed by atoms with Gasteiger partial charge in [0.25, 0.3) is 0 Å². The van der Waals surface area contributed by atoms with Gasteiger partial charge in [0.2, 0.25) is 10.0 Å². The molecule has 21 heavy (non-hydrogen) atoms. The molecular formula is C15H24N2O3S. The molecule has 0 atom stereocenters. The number of hydrogen-bond donors (Lipinski definition) is 0. The number of likely N-dealkylation sites (N-methyl/N-ethyl adjacent to an activating group) is 1. The van der Waals surface area contributed by atoms with E-state index >= 15 is 0 Å². The molecule has 1 aliphatic rings. The summed E-state index contributed by atoms with van der Waals surface area (Å²) in [4.78, 5) is 2.65. The first-order valence-electron chi connectivity index (χ1n) is 7.37. The molecule has 0 aromatic heterocycles. The Morgan fingerprint density at radius 2 is 1.76 bits per heavy atom. The van der Waals surface area contributed by atoms with Crippen molar-refractivity contribution in [2.45, 2.75) is 24.2 Å². The third-order valence-corrected chi connectivity index (χ3v) is 5.82. The highest BCUT2D eigenvalue weighted by Crippen LogP contribution is 2.18. The van der Waals surface area contributed by atoms with Crippen LogP contribution in [0.5, 0.6) is 5.75 Å². The molecule has 5 nitrogen and oxygen atoms in total. The van der Waals surface area contributed by atoms with Crippen molar-refractivity contribution >= 4 is 10.0 Å². The molecule has 0 unspecified atom stereocenters. The minimum Gasteiger partial charge on any atom is -0.497 e. The monoisotopic (exact) mass is 312 g/mol. The van der Waals surface area contributed by atoms with Crippen LogP contribution in [0, 0.1) is 0 Å². The van der Waals surface area contributed by atoms with Gasteiger partial charge in [-0.3, -0.25) is 0 Å². The molecule has 1 aromatic carbocycles. The summed E-state index contributed by atoms with van der Waals surface area (Å²) in [6.07, 6.45) is 3.72. The van der Waals surface area contributed by atoms with Crippen molar-refractivity contribution in [1.29, 1.82) is 0 Å². The molecule has 0 amide bonds. The molecular weight excluding hydrogens is 288 g/mol. The fourth-order valence-electron chi connectivity index (χ4n) is 2.51. The maximum Gasteiger partial charge on any atom is 0.242 e. The number of ether oxygens (including phenoxy) is 1. The Morgan fingerprint density at radius 1 is 1.14 bits per heavy atom. The second-order valence-electron chi connectivity index (χ2n) is 5.40. The molecule has 0 saturated carbocycles. The second kappa shape index (κ2) is 7.24. The van der Waals surface area contributed by atoms with Crippen LogP contribution in [0.25, 0.3) is 0 Å². The van der Waals surface area contributed by atoms with Gasteiger partial charge in [0.1, 0.15) is 5.75 Å². The highest BCUT2D eigenvalue weighted by Gasteiger charge is 2.21. The van der Waals surface area contributed by atoms with Gasteiger partial charge < -0.3 is 9.64 Å². The predicted molar refractivity (Wildman–Crippen MR) is 83.1 cm³/mol. The van der Waals surface area contributed by atoms with Crippen LogP contribution in [0.1, 0.15) is 19.3 Å². The maximum absolute atomic E-state index is 12.5. The van der Waals surface area contributed by atoms with Crippen molar-refractivity contribution in [3.8, 4) is 5.75 Å². The Bertz CT molecular complexity index is 537. The van der Waals surface area contributed by atoms with Crippen molar-refractivity contribution in [3.63, 3.8) is 0 Å². The molecule has 1 heterocycles. The zero-order valence-corrected chi connectivity index (χ0v) is 13.6. The van der Waals surface area contributed by atoms with Gasteiger partial charge in [-0.05, 0) is 50.2 Å². The Kier molecular flexibility index (Phi) is 5.61. The fraction of sp³-hybridized carbons (Fsp3) is 0.600. The van der Waals surface area contributed by atoms with E-state index in [1.807, 2.05) is 0 Å². The van der Waals surface area contributed by atoms with Crippen molar-refractivity contribution < 1.29 is 13.2 Å². The molecule has 0 N–H and O–H groups in total. The van der Waals surface area contributed by atoms with Crippen LogP contribution in [0.4, 0.5) is 0 Å². The summed E-state index contributed by atoms with van der Waals surface area (Å²) in [5.74, 6) is 0.657. The number of rotatable bonds is 6. The van der Waals surface area contributed by atoms with E-state index in [2.05, 4.69) is 4.90 Å². The number of hydrogen-bond acceptors (Lipinski definition) is 4. The maximum atomic E-state index is 12.5. The number of benzene rings is 1. The first kappa shape index (κ1) is 16.3. The highest BCUT2D eigenvalue weighted by molar-refractivity contribution is 7.89. The van der Waals surface area contributed by atoms with E-state index in [0.717, 1.165) is 19.6 Å². The molecule has 1 fully saturated rings. The summed E-state index contributed by atoms with van der Waals surface area (Å²) in [6.45, 7) is 3.48. The number of nitrogens with zero attached hydrogens (tertiary/aromatic N) is 2. The Balaban J connectivity index is 1.96. The van der Waals surface area contributed by atoms with E-state index in [0.29, 0.717) is 17.2 Å². The molecule has 0 aliphatic carbocycles. The average Bonchev–Trinajstić information content (AvgIpc) is 2.53. The lowest BCUT2D eigenvalue weighted by atomic mass is 10.1. The summed E-state index contributed by atoms with van der Waals surface area (Å²) in [6, 6.07) is 6.52. The number of likely N-dealkylation sites (tertiary alicyclic amines) is 1. The predicted octanol–water partition coefficient (Wildman–Crippen LogP) is 1.80. The standard InChI is InChI=1S/C15H24N2O3S/c1-16(12-13-17-10-4-3-5-11-17)21(18,19)15-8-6-14(20-2)7-9-15/h6-9H,3-5,10-13H2,1-2H3. The van der Waals surface area contributed by atoms with Crippen molar-refractivity contribution in [3.05, 3.63) is 24.3 Å². The topological polar surface area (TPSA) is 49.9 Å². The van der Waals surface area contributed by atoms with Crippen LogP contribution < -0.4 is 4.74 Å². The van der Waals surface area contributed by atoms with E-state index in [9.17, 15) is 8.42 Å². The normalized spacial score (nSPS) is 17.1. The van der Waals surface area contributed by atoms with Gasteiger partial charge in [0, 0.05) is 20.1 Å². The van der Waals surface area contributed by atoms with Gasteiger partial charge in [0.15, 0.2) is 0 Å². The zero-order valence-electron chi connectivity index (χ0n) is 12.8. The number of methoxy groups -OCH3 is 1. The summed E-state index contributed by atoms with van der Waals surface area (Å²) < 4.78 is 31.4. The summed E-state index contributed by atoms with van der Waals surface area (Å²) >= 11 is 0. The van der Waals surface area contributed by atoms with Crippen LogP contribution in [-0.2, 0) is 10.0 Å². The molecule has 1 aromatic rings. The van der Waals surface area contributed by atoms with E-state index in [1.165, 1.54) is 23.6 Å². The Morgan fingerprint density at radius 3 is 2.33 bits per heavy atom. The molecule has 118 valence electrons. The largest absolute Gasteiger partial charge is 0.497 e. The zero-order chi connectivity index (χ0) is 15.3. The van der Waals surface area contributed by atoms with Crippen molar-refractivity contribution in [2.24, 2.45) is 0 Å². The van der Waals surface area contributed by atoms with Crippen LogP contribution in [0.3, 0.4) is 0 Å². The van der Waals surface area contributed by atoms with Crippen LogP contribution >= 0.6 is 0 Å². The third kappa shape index (κ3) is 4.18. The Hall–Kier alpha value is -1.11. The van der Waals surface area contributed by atoms with Gasteiger partial charge in [-0.2, -0.15) is 4.31 Å². The van der Waals surface area contributed by atoms with Gasteiger partial charge in [-0.1, -0.05) is 6.42 Å².